The molecule has 2 rings (SSSR count). The molecule has 1 saturated heterocycles. The van der Waals surface area contributed by atoms with Crippen LogP contribution in [0.4, 0.5) is 0 Å². The van der Waals surface area contributed by atoms with Crippen LogP contribution in [-0.4, -0.2) is 41.7 Å². The largest absolute Gasteiger partial charge is 0.508 e. The van der Waals surface area contributed by atoms with Gasteiger partial charge in [-0.3, -0.25) is 4.79 Å². The smallest absolute Gasteiger partial charge is 0.253 e. The van der Waals surface area contributed by atoms with Crippen LogP contribution in [0.15, 0.2) is 18.2 Å². The molecule has 0 aliphatic carbocycles. The van der Waals surface area contributed by atoms with Crippen LogP contribution in [0.2, 0.25) is 0 Å². The van der Waals surface area contributed by atoms with Gasteiger partial charge in [-0.1, -0.05) is 0 Å². The predicted molar refractivity (Wildman–Crippen MR) is 68.8 cm³/mol. The van der Waals surface area contributed by atoms with Crippen LogP contribution >= 0.6 is 0 Å². The van der Waals surface area contributed by atoms with E-state index in [0.29, 0.717) is 18.7 Å². The number of phenolic OH excluding ortho intramolecular Hbond substituents is 1. The maximum atomic E-state index is 12.4. The van der Waals surface area contributed by atoms with Crippen molar-refractivity contribution >= 4 is 5.91 Å². The summed E-state index contributed by atoms with van der Waals surface area (Å²) in [7, 11) is 0. The Morgan fingerprint density at radius 2 is 2.28 bits per heavy atom. The molecule has 0 saturated carbocycles. The summed E-state index contributed by atoms with van der Waals surface area (Å²) in [5, 5.41) is 9.48. The maximum Gasteiger partial charge on any atom is 0.253 e. The third-order valence-corrected chi connectivity index (χ3v) is 3.18. The molecule has 1 unspecified atom stereocenters. The fourth-order valence-electron chi connectivity index (χ4n) is 2.15. The minimum Gasteiger partial charge on any atom is -0.508 e. The summed E-state index contributed by atoms with van der Waals surface area (Å²) in [6.45, 7) is 5.83. The Morgan fingerprint density at radius 3 is 3.00 bits per heavy atom. The monoisotopic (exact) mass is 249 g/mol. The average molecular weight is 249 g/mol. The normalized spacial score (nSPS) is 20.6. The molecular formula is C14H19NO3. The van der Waals surface area contributed by atoms with Gasteiger partial charge < -0.3 is 14.7 Å². The van der Waals surface area contributed by atoms with E-state index in [0.717, 1.165) is 18.5 Å². The Labute approximate surface area is 107 Å². The number of hydrogen-bond donors (Lipinski definition) is 1. The highest BCUT2D eigenvalue weighted by atomic mass is 16.5. The summed E-state index contributed by atoms with van der Waals surface area (Å²) in [6, 6.07) is 4.97. The Bertz CT molecular complexity index is 445. The minimum absolute atomic E-state index is 0.00968. The summed E-state index contributed by atoms with van der Waals surface area (Å²) in [5.74, 6) is 0.231. The second-order valence-corrected chi connectivity index (χ2v) is 4.79. The number of aromatic hydroxyl groups is 1. The highest BCUT2D eigenvalue weighted by Gasteiger charge is 2.21. The maximum absolute atomic E-state index is 12.4. The molecule has 18 heavy (non-hydrogen) atoms. The zero-order valence-electron chi connectivity index (χ0n) is 10.8. The van der Waals surface area contributed by atoms with Crippen molar-refractivity contribution in [3.63, 3.8) is 0 Å². The molecule has 0 spiro atoms. The molecule has 1 atom stereocenters. The van der Waals surface area contributed by atoms with Crippen LogP contribution in [0.25, 0.3) is 0 Å². The van der Waals surface area contributed by atoms with Crippen LogP contribution in [0.1, 0.15) is 29.3 Å². The SMILES string of the molecule is Cc1cc(C(=O)N2CCCOC(C)C2)ccc1O. The van der Waals surface area contributed by atoms with Gasteiger partial charge in [-0.05, 0) is 44.0 Å². The number of carbonyl (C=O) groups excluding carboxylic acids is 1. The first-order valence-electron chi connectivity index (χ1n) is 6.28. The van der Waals surface area contributed by atoms with Gasteiger partial charge in [-0.2, -0.15) is 0 Å². The van der Waals surface area contributed by atoms with Crippen LogP contribution in [0.5, 0.6) is 5.75 Å². The molecule has 0 aromatic heterocycles. The van der Waals surface area contributed by atoms with E-state index < -0.39 is 0 Å². The molecule has 4 heteroatoms. The lowest BCUT2D eigenvalue weighted by molar-refractivity contribution is 0.0562. The number of nitrogens with zero attached hydrogens (tertiary/aromatic N) is 1. The van der Waals surface area contributed by atoms with Gasteiger partial charge in [0.15, 0.2) is 0 Å². The van der Waals surface area contributed by atoms with E-state index in [2.05, 4.69) is 0 Å². The third-order valence-electron chi connectivity index (χ3n) is 3.18. The molecule has 1 aliphatic heterocycles. The molecule has 1 N–H and O–H groups in total. The van der Waals surface area contributed by atoms with Crippen molar-refractivity contribution in [1.29, 1.82) is 0 Å². The van der Waals surface area contributed by atoms with Crippen molar-refractivity contribution < 1.29 is 14.6 Å². The molecule has 4 nitrogen and oxygen atoms in total. The molecular weight excluding hydrogens is 230 g/mol. The van der Waals surface area contributed by atoms with E-state index in [1.165, 1.54) is 0 Å². The van der Waals surface area contributed by atoms with Crippen molar-refractivity contribution in [3.8, 4) is 5.75 Å². The summed E-state index contributed by atoms with van der Waals surface area (Å²) in [5.41, 5.74) is 1.35. The minimum atomic E-state index is 0.00968. The van der Waals surface area contributed by atoms with Gasteiger partial charge in [0.2, 0.25) is 0 Å². The number of ether oxygens (including phenoxy) is 1. The molecule has 1 amide bonds. The van der Waals surface area contributed by atoms with Crippen molar-refractivity contribution in [2.24, 2.45) is 0 Å². The third kappa shape index (κ3) is 2.82. The number of aryl methyl sites for hydroxylation is 1. The lowest BCUT2D eigenvalue weighted by atomic mass is 10.1. The highest BCUT2D eigenvalue weighted by molar-refractivity contribution is 5.94. The van der Waals surface area contributed by atoms with Crippen molar-refractivity contribution in [2.75, 3.05) is 19.7 Å². The molecule has 1 heterocycles. The Morgan fingerprint density at radius 1 is 1.50 bits per heavy atom. The molecule has 1 aromatic carbocycles. The second-order valence-electron chi connectivity index (χ2n) is 4.79. The molecule has 1 fully saturated rings. The molecule has 1 aromatic rings. The lowest BCUT2D eigenvalue weighted by Gasteiger charge is -2.22. The van der Waals surface area contributed by atoms with E-state index in [4.69, 9.17) is 4.74 Å². The van der Waals surface area contributed by atoms with Gasteiger partial charge in [-0.25, -0.2) is 0 Å². The van der Waals surface area contributed by atoms with E-state index >= 15 is 0 Å². The zero-order chi connectivity index (χ0) is 13.1. The topological polar surface area (TPSA) is 49.8 Å². The fraction of sp³-hybridized carbons (Fsp3) is 0.500. The number of amides is 1. The van der Waals surface area contributed by atoms with Crippen molar-refractivity contribution in [1.82, 2.24) is 4.90 Å². The van der Waals surface area contributed by atoms with Gasteiger partial charge in [0, 0.05) is 25.3 Å². The molecule has 0 bridgehead atoms. The van der Waals surface area contributed by atoms with Crippen molar-refractivity contribution in [3.05, 3.63) is 29.3 Å². The van der Waals surface area contributed by atoms with E-state index in [1.54, 1.807) is 25.1 Å². The number of benzene rings is 1. The second kappa shape index (κ2) is 5.40. The Hall–Kier alpha value is -1.55. The van der Waals surface area contributed by atoms with Gasteiger partial charge in [0.25, 0.3) is 5.91 Å². The number of rotatable bonds is 1. The first kappa shape index (κ1) is 12.9. The van der Waals surface area contributed by atoms with E-state index in [1.807, 2.05) is 11.8 Å². The van der Waals surface area contributed by atoms with E-state index in [9.17, 15) is 9.90 Å². The average Bonchev–Trinajstić information content (AvgIpc) is 2.56. The number of carbonyl (C=O) groups is 1. The van der Waals surface area contributed by atoms with Crippen LogP contribution in [0.3, 0.4) is 0 Å². The summed E-state index contributed by atoms with van der Waals surface area (Å²) < 4.78 is 5.53. The van der Waals surface area contributed by atoms with Gasteiger partial charge in [0.1, 0.15) is 5.75 Å². The van der Waals surface area contributed by atoms with Gasteiger partial charge >= 0.3 is 0 Å². The lowest BCUT2D eigenvalue weighted by Crippen LogP contribution is -2.35. The van der Waals surface area contributed by atoms with E-state index in [-0.39, 0.29) is 17.8 Å². The van der Waals surface area contributed by atoms with Crippen LogP contribution < -0.4 is 0 Å². The quantitative estimate of drug-likeness (QED) is 0.827. The predicted octanol–water partition coefficient (Wildman–Crippen LogP) is 1.95. The Kier molecular flexibility index (Phi) is 3.87. The molecule has 98 valence electrons. The molecule has 1 aliphatic rings. The van der Waals surface area contributed by atoms with Crippen LogP contribution in [0, 0.1) is 6.92 Å². The van der Waals surface area contributed by atoms with Gasteiger partial charge in [0.05, 0.1) is 6.10 Å². The van der Waals surface area contributed by atoms with Crippen molar-refractivity contribution in [2.45, 2.75) is 26.4 Å². The zero-order valence-corrected chi connectivity index (χ0v) is 10.8. The van der Waals surface area contributed by atoms with Crippen LogP contribution in [-0.2, 0) is 4.74 Å². The standard InChI is InChI=1S/C14H19NO3/c1-10-8-12(4-5-13(10)16)14(17)15-6-3-7-18-11(2)9-15/h4-5,8,11,16H,3,6-7,9H2,1-2H3. The first-order valence-corrected chi connectivity index (χ1v) is 6.28. The number of hydrogen-bond acceptors (Lipinski definition) is 3. The number of phenols is 1. The summed E-state index contributed by atoms with van der Waals surface area (Å²) in [4.78, 5) is 14.2. The van der Waals surface area contributed by atoms with Gasteiger partial charge in [-0.15, -0.1) is 0 Å². The summed E-state index contributed by atoms with van der Waals surface area (Å²) in [6.07, 6.45) is 0.947. The summed E-state index contributed by atoms with van der Waals surface area (Å²) >= 11 is 0. The first-order chi connectivity index (χ1) is 8.58. The molecule has 0 radical (unpaired) electrons. The highest BCUT2D eigenvalue weighted by Crippen LogP contribution is 2.19. The fourth-order valence-corrected chi connectivity index (χ4v) is 2.15. The Balaban J connectivity index is 2.16.